The Balaban J connectivity index is 0.00000254. The van der Waals surface area contributed by atoms with E-state index in [0.717, 1.165) is 12.2 Å². The maximum absolute atomic E-state index is 13.3. The summed E-state index contributed by atoms with van der Waals surface area (Å²) in [6.45, 7) is 11.6. The van der Waals surface area contributed by atoms with Crippen molar-refractivity contribution in [2.24, 2.45) is 0 Å². The lowest BCUT2D eigenvalue weighted by Gasteiger charge is -2.18. The van der Waals surface area contributed by atoms with Crippen LogP contribution in [0.5, 0.6) is 0 Å². The molecule has 0 spiro atoms. The third kappa shape index (κ3) is 7.89. The minimum absolute atomic E-state index is 0.00386. The molecule has 0 aliphatic carbocycles. The number of halogens is 1. The SMILES string of the molecule is C/C=C\C(=C/C)OCC(CC)Nc1nc(N)nc(C(C)F)n1.CC. The van der Waals surface area contributed by atoms with Gasteiger partial charge in [0.1, 0.15) is 12.4 Å². The molecule has 0 bridgehead atoms. The number of anilines is 2. The number of aromatic nitrogens is 3. The molecule has 1 rings (SSSR count). The van der Waals surface area contributed by atoms with E-state index in [4.69, 9.17) is 10.5 Å². The van der Waals surface area contributed by atoms with Crippen LogP contribution in [0.1, 0.15) is 60.0 Å². The number of hydrogen-bond acceptors (Lipinski definition) is 6. The fourth-order valence-corrected chi connectivity index (χ4v) is 1.68. The van der Waals surface area contributed by atoms with Crippen LogP contribution in [-0.4, -0.2) is 27.6 Å². The molecule has 0 aromatic carbocycles. The highest BCUT2D eigenvalue weighted by molar-refractivity contribution is 5.32. The Hall–Kier alpha value is -2.18. The number of rotatable bonds is 8. The molecule has 0 saturated carbocycles. The van der Waals surface area contributed by atoms with Gasteiger partial charge in [-0.15, -0.1) is 0 Å². The lowest BCUT2D eigenvalue weighted by atomic mass is 10.2. The van der Waals surface area contributed by atoms with Crippen LogP contribution in [0.2, 0.25) is 0 Å². The molecule has 6 nitrogen and oxygen atoms in total. The summed E-state index contributed by atoms with van der Waals surface area (Å²) in [5.74, 6) is 1.07. The topological polar surface area (TPSA) is 86.0 Å². The van der Waals surface area contributed by atoms with Crippen molar-refractivity contribution in [3.8, 4) is 0 Å². The molecule has 2 unspecified atom stereocenters. The van der Waals surface area contributed by atoms with Crippen LogP contribution in [0.25, 0.3) is 0 Å². The fraction of sp³-hybridized carbons (Fsp3) is 0.588. The van der Waals surface area contributed by atoms with Crippen molar-refractivity contribution in [2.75, 3.05) is 17.7 Å². The molecule has 0 aliphatic rings. The van der Waals surface area contributed by atoms with Gasteiger partial charge in [-0.2, -0.15) is 15.0 Å². The zero-order valence-electron chi connectivity index (χ0n) is 15.5. The number of nitrogens with one attached hydrogen (secondary N) is 1. The number of nitrogens with zero attached hydrogens (tertiary/aromatic N) is 3. The van der Waals surface area contributed by atoms with Crippen molar-refractivity contribution in [1.82, 2.24) is 15.0 Å². The lowest BCUT2D eigenvalue weighted by molar-refractivity contribution is 0.208. The highest BCUT2D eigenvalue weighted by Crippen LogP contribution is 2.15. The molecule has 1 aromatic rings. The average Bonchev–Trinajstić information content (AvgIpc) is 2.58. The van der Waals surface area contributed by atoms with Crippen molar-refractivity contribution >= 4 is 11.9 Å². The normalized spacial score (nSPS) is 13.9. The van der Waals surface area contributed by atoms with Crippen LogP contribution in [0.3, 0.4) is 0 Å². The molecular formula is C17H30FN5O. The van der Waals surface area contributed by atoms with Gasteiger partial charge in [-0.1, -0.05) is 26.8 Å². The Morgan fingerprint density at radius 3 is 2.46 bits per heavy atom. The highest BCUT2D eigenvalue weighted by atomic mass is 19.1. The van der Waals surface area contributed by atoms with E-state index >= 15 is 0 Å². The third-order valence-corrected chi connectivity index (χ3v) is 2.92. The minimum atomic E-state index is -1.30. The highest BCUT2D eigenvalue weighted by Gasteiger charge is 2.14. The molecule has 0 saturated heterocycles. The second-order valence-corrected chi connectivity index (χ2v) is 4.74. The summed E-state index contributed by atoms with van der Waals surface area (Å²) in [5.41, 5.74) is 5.58. The first-order valence-electron chi connectivity index (χ1n) is 8.34. The van der Waals surface area contributed by atoms with Crippen LogP contribution < -0.4 is 11.1 Å². The molecule has 24 heavy (non-hydrogen) atoms. The number of allylic oxidation sites excluding steroid dienone is 3. The van der Waals surface area contributed by atoms with E-state index < -0.39 is 6.17 Å². The summed E-state index contributed by atoms with van der Waals surface area (Å²) < 4.78 is 19.0. The van der Waals surface area contributed by atoms with E-state index in [1.807, 2.05) is 52.8 Å². The largest absolute Gasteiger partial charge is 0.492 e. The van der Waals surface area contributed by atoms with E-state index in [1.54, 1.807) is 0 Å². The molecule has 1 heterocycles. The second kappa shape index (κ2) is 12.3. The van der Waals surface area contributed by atoms with Gasteiger partial charge in [0.05, 0.1) is 6.04 Å². The first-order valence-corrected chi connectivity index (χ1v) is 8.34. The third-order valence-electron chi connectivity index (χ3n) is 2.92. The van der Waals surface area contributed by atoms with Crippen molar-refractivity contribution in [1.29, 1.82) is 0 Å². The first kappa shape index (κ1) is 21.8. The molecule has 0 aliphatic heterocycles. The van der Waals surface area contributed by atoms with E-state index in [2.05, 4.69) is 20.3 Å². The number of hydrogen-bond donors (Lipinski definition) is 2. The Kier molecular flexibility index (Phi) is 11.2. The standard InChI is InChI=1S/C15H24FN5O.C2H6/c1-5-8-12(7-3)22-9-11(6-2)18-15-20-13(10(4)16)19-14(17)21-15;1-2/h5,7-8,10-11H,6,9H2,1-4H3,(H3,17,18,19,20,21);1-2H3/b8-5-,12-7+;. The zero-order valence-corrected chi connectivity index (χ0v) is 15.5. The predicted octanol–water partition coefficient (Wildman–Crippen LogP) is 4.20. The van der Waals surface area contributed by atoms with Crippen molar-refractivity contribution in [2.45, 2.75) is 60.2 Å². The molecule has 7 heteroatoms. The van der Waals surface area contributed by atoms with Gasteiger partial charge in [0.2, 0.25) is 11.9 Å². The summed E-state index contributed by atoms with van der Waals surface area (Å²) in [4.78, 5) is 11.8. The van der Waals surface area contributed by atoms with E-state index in [9.17, 15) is 4.39 Å². The van der Waals surface area contributed by atoms with E-state index in [-0.39, 0.29) is 23.8 Å². The summed E-state index contributed by atoms with van der Waals surface area (Å²) in [5, 5.41) is 3.10. The number of nitrogen functional groups attached to an aromatic ring is 1. The lowest BCUT2D eigenvalue weighted by Crippen LogP contribution is -2.26. The Morgan fingerprint density at radius 1 is 1.29 bits per heavy atom. The molecule has 0 amide bonds. The summed E-state index contributed by atoms with van der Waals surface area (Å²) in [6, 6.07) is -0.0234. The predicted molar refractivity (Wildman–Crippen MR) is 97.3 cm³/mol. The minimum Gasteiger partial charge on any atom is -0.492 e. The van der Waals surface area contributed by atoms with E-state index in [0.29, 0.717) is 6.61 Å². The zero-order chi connectivity index (χ0) is 18.5. The smallest absolute Gasteiger partial charge is 0.228 e. The van der Waals surface area contributed by atoms with Crippen molar-refractivity contribution in [3.63, 3.8) is 0 Å². The fourth-order valence-electron chi connectivity index (χ4n) is 1.68. The molecule has 0 radical (unpaired) electrons. The Labute approximate surface area is 144 Å². The van der Waals surface area contributed by atoms with Crippen LogP contribution in [0, 0.1) is 0 Å². The number of nitrogens with two attached hydrogens (primary N) is 1. The average molecular weight is 339 g/mol. The maximum atomic E-state index is 13.3. The molecular weight excluding hydrogens is 309 g/mol. The first-order chi connectivity index (χ1) is 11.5. The van der Waals surface area contributed by atoms with Gasteiger partial charge in [-0.25, -0.2) is 4.39 Å². The molecule has 136 valence electrons. The monoisotopic (exact) mass is 339 g/mol. The van der Waals surface area contributed by atoms with Gasteiger partial charge in [-0.05, 0) is 39.3 Å². The maximum Gasteiger partial charge on any atom is 0.228 e. The molecule has 0 fully saturated rings. The Bertz CT molecular complexity index is 532. The van der Waals surface area contributed by atoms with Crippen LogP contribution in [-0.2, 0) is 4.74 Å². The molecule has 3 N–H and O–H groups in total. The van der Waals surface area contributed by atoms with Gasteiger partial charge < -0.3 is 15.8 Å². The Morgan fingerprint density at radius 2 is 1.96 bits per heavy atom. The van der Waals surface area contributed by atoms with Crippen molar-refractivity contribution < 1.29 is 9.13 Å². The summed E-state index contributed by atoms with van der Waals surface area (Å²) in [6.07, 6.45) is 5.17. The summed E-state index contributed by atoms with van der Waals surface area (Å²) in [7, 11) is 0. The summed E-state index contributed by atoms with van der Waals surface area (Å²) >= 11 is 0. The second-order valence-electron chi connectivity index (χ2n) is 4.74. The van der Waals surface area contributed by atoms with Crippen LogP contribution in [0.15, 0.2) is 24.0 Å². The van der Waals surface area contributed by atoms with Crippen molar-refractivity contribution in [3.05, 3.63) is 29.8 Å². The number of ether oxygens (including phenoxy) is 1. The molecule has 1 aromatic heterocycles. The molecule has 2 atom stereocenters. The van der Waals surface area contributed by atoms with Gasteiger partial charge in [-0.3, -0.25) is 0 Å². The van der Waals surface area contributed by atoms with Gasteiger partial charge in [0.25, 0.3) is 0 Å². The number of alkyl halides is 1. The van der Waals surface area contributed by atoms with Crippen LogP contribution in [0.4, 0.5) is 16.3 Å². The van der Waals surface area contributed by atoms with Gasteiger partial charge in [0.15, 0.2) is 12.0 Å². The van der Waals surface area contributed by atoms with Gasteiger partial charge >= 0.3 is 0 Å². The van der Waals surface area contributed by atoms with Gasteiger partial charge in [0, 0.05) is 0 Å². The van der Waals surface area contributed by atoms with Crippen LogP contribution >= 0.6 is 0 Å². The van der Waals surface area contributed by atoms with E-state index in [1.165, 1.54) is 6.92 Å². The quantitative estimate of drug-likeness (QED) is 0.545.